The fourth-order valence-corrected chi connectivity index (χ4v) is 7.26. The summed E-state index contributed by atoms with van der Waals surface area (Å²) in [5, 5.41) is 15.4. The van der Waals surface area contributed by atoms with Crippen molar-refractivity contribution in [1.82, 2.24) is 15.2 Å². The van der Waals surface area contributed by atoms with Gasteiger partial charge in [-0.3, -0.25) is 14.7 Å². The molecule has 198 valence electrons. The molecule has 0 spiro atoms. The van der Waals surface area contributed by atoms with Gasteiger partial charge in [-0.15, -0.1) is 11.3 Å². The molecule has 14 heteroatoms. The van der Waals surface area contributed by atoms with Crippen LogP contribution in [0.15, 0.2) is 50.5 Å². The van der Waals surface area contributed by atoms with Crippen molar-refractivity contribution in [2.75, 3.05) is 31.2 Å². The number of nitrogens with zero attached hydrogens (tertiary/aromatic N) is 3. The molecule has 4 rings (SSSR count). The average molecular weight is 616 g/mol. The van der Waals surface area contributed by atoms with E-state index in [-0.39, 0.29) is 31.0 Å². The van der Waals surface area contributed by atoms with Crippen molar-refractivity contribution in [1.29, 1.82) is 0 Å². The second kappa shape index (κ2) is 10.6. The smallest absolute Gasteiger partial charge is 0.338 e. The van der Waals surface area contributed by atoms with Gasteiger partial charge in [0.1, 0.15) is 17.4 Å². The summed E-state index contributed by atoms with van der Waals surface area (Å²) in [6, 6.07) is 3.08. The molecule has 2 aliphatic rings. The van der Waals surface area contributed by atoms with Gasteiger partial charge in [-0.2, -0.15) is 0 Å². The van der Waals surface area contributed by atoms with E-state index in [9.17, 15) is 27.5 Å². The summed E-state index contributed by atoms with van der Waals surface area (Å²) in [5.41, 5.74) is -0.838. The lowest BCUT2D eigenvalue weighted by atomic mass is 9.94. The highest BCUT2D eigenvalue weighted by atomic mass is 79.9. The van der Waals surface area contributed by atoms with Gasteiger partial charge in [-0.1, -0.05) is 22.0 Å². The molecule has 2 N–H and O–H groups in total. The first-order valence-corrected chi connectivity index (χ1v) is 14.7. The molecule has 1 aromatic heterocycles. The molecule has 3 heterocycles. The molecule has 37 heavy (non-hydrogen) atoms. The second-order valence-corrected chi connectivity index (χ2v) is 12.6. The molecule has 10 nitrogen and oxygen atoms in total. The maximum absolute atomic E-state index is 13.9. The first-order chi connectivity index (χ1) is 17.4. The summed E-state index contributed by atoms with van der Waals surface area (Å²) >= 11 is 4.67. The normalized spacial score (nSPS) is 23.8. The number of carboxylic acid groups (broad SMARTS) is 1. The lowest BCUT2D eigenvalue weighted by Gasteiger charge is -2.42. The number of aromatic nitrogens is 1. The number of rotatable bonds is 7. The summed E-state index contributed by atoms with van der Waals surface area (Å²) in [4.78, 5) is 36.0. The molecule has 2 unspecified atom stereocenters. The van der Waals surface area contributed by atoms with Gasteiger partial charge in [0.05, 0.1) is 23.7 Å². The predicted octanol–water partition coefficient (Wildman–Crippen LogP) is 2.53. The fourth-order valence-electron chi connectivity index (χ4n) is 4.30. The number of nitrogens with one attached hydrogen (secondary N) is 1. The first kappa shape index (κ1) is 27.4. The van der Waals surface area contributed by atoms with Crippen molar-refractivity contribution in [2.45, 2.75) is 25.4 Å². The van der Waals surface area contributed by atoms with Crippen LogP contribution in [0.2, 0.25) is 0 Å². The van der Waals surface area contributed by atoms with Crippen LogP contribution in [0.4, 0.5) is 4.39 Å². The topological polar surface area (TPSA) is 138 Å². The van der Waals surface area contributed by atoms with Crippen LogP contribution in [-0.4, -0.2) is 77.9 Å². The maximum Gasteiger partial charge on any atom is 0.338 e. The summed E-state index contributed by atoms with van der Waals surface area (Å²) in [6.07, 6.45) is 1.59. The molecule has 0 bridgehead atoms. The number of carbonyl (C=O) groups is 2. The van der Waals surface area contributed by atoms with Gasteiger partial charge in [0.15, 0.2) is 20.7 Å². The highest BCUT2D eigenvalue weighted by Gasteiger charge is 2.48. The summed E-state index contributed by atoms with van der Waals surface area (Å²) in [7, 11) is -3.58. The number of halogens is 2. The molecule has 1 fully saturated rings. The van der Waals surface area contributed by atoms with Crippen LogP contribution < -0.4 is 5.32 Å². The standard InChI is InChI=1S/C23H24BrFN4O6S2/c1-3-35-21(30)17-16(11-29-7-9-37(33,34)12-23(29,2)22(31)32)27-19(20-26-6-8-36-20)28-18(17)14-5-4-13(25)10-15(14)24/h4-6,8,10,18H,3,7,9,11-12H2,1-2H3,(H,27,28)(H,31,32). The SMILES string of the molecule is CCOC(=O)C1=C(CN2CCS(=O)(=O)CC2(C)C(=O)O)NC(c2nccs2)=NC1c1ccc(F)cc1Br. The van der Waals surface area contributed by atoms with Crippen LogP contribution in [0.25, 0.3) is 0 Å². The quantitative estimate of drug-likeness (QED) is 0.450. The van der Waals surface area contributed by atoms with Gasteiger partial charge < -0.3 is 15.2 Å². The second-order valence-electron chi connectivity index (χ2n) is 8.71. The number of hydrogen-bond donors (Lipinski definition) is 2. The van der Waals surface area contributed by atoms with Crippen LogP contribution in [0.1, 0.15) is 30.5 Å². The van der Waals surface area contributed by atoms with E-state index in [2.05, 4.69) is 26.2 Å². The Labute approximate surface area is 225 Å². The maximum atomic E-state index is 13.9. The lowest BCUT2D eigenvalue weighted by Crippen LogP contribution is -2.62. The Morgan fingerprint density at radius 3 is 2.78 bits per heavy atom. The Kier molecular flexibility index (Phi) is 7.83. The molecule has 0 radical (unpaired) electrons. The lowest BCUT2D eigenvalue weighted by molar-refractivity contribution is -0.149. The third-order valence-corrected chi connectivity index (χ3v) is 9.47. The van der Waals surface area contributed by atoms with E-state index in [1.165, 1.54) is 41.4 Å². The number of thiazole rings is 1. The number of aliphatic carboxylic acids is 1. The van der Waals surface area contributed by atoms with Crippen LogP contribution in [0.3, 0.4) is 0 Å². The number of esters is 1. The van der Waals surface area contributed by atoms with Gasteiger partial charge in [-0.05, 0) is 31.5 Å². The van der Waals surface area contributed by atoms with E-state index in [1.807, 2.05) is 0 Å². The van der Waals surface area contributed by atoms with Crippen molar-refractivity contribution in [3.8, 4) is 0 Å². The van der Waals surface area contributed by atoms with Crippen molar-refractivity contribution in [3.63, 3.8) is 0 Å². The first-order valence-electron chi connectivity index (χ1n) is 11.2. The molecule has 2 aromatic rings. The fraction of sp³-hybridized carbons (Fsp3) is 0.391. The van der Waals surface area contributed by atoms with Crippen LogP contribution in [0, 0.1) is 5.82 Å². The van der Waals surface area contributed by atoms with Crippen molar-refractivity contribution < 1.29 is 32.2 Å². The van der Waals surface area contributed by atoms with Crippen LogP contribution in [0.5, 0.6) is 0 Å². The van der Waals surface area contributed by atoms with E-state index in [0.717, 1.165) is 0 Å². The molecular weight excluding hydrogens is 591 g/mol. The molecule has 0 saturated carbocycles. The Hall–Kier alpha value is -2.68. The van der Waals surface area contributed by atoms with Gasteiger partial charge in [0.2, 0.25) is 0 Å². The summed E-state index contributed by atoms with van der Waals surface area (Å²) < 4.78 is 44.3. The molecule has 0 aliphatic carbocycles. The minimum Gasteiger partial charge on any atom is -0.480 e. The minimum atomic E-state index is -3.58. The average Bonchev–Trinajstić information content (AvgIpc) is 3.35. The Balaban J connectivity index is 1.87. The number of sulfone groups is 1. The van der Waals surface area contributed by atoms with E-state index in [4.69, 9.17) is 9.73 Å². The van der Waals surface area contributed by atoms with Gasteiger partial charge in [0, 0.05) is 34.8 Å². The number of carboxylic acids is 1. The number of hydrogen-bond acceptors (Lipinski definition) is 10. The molecule has 0 amide bonds. The zero-order chi connectivity index (χ0) is 27.0. The number of amidine groups is 1. The van der Waals surface area contributed by atoms with Crippen molar-refractivity contribution >= 4 is 54.9 Å². The van der Waals surface area contributed by atoms with E-state index >= 15 is 0 Å². The van der Waals surface area contributed by atoms with Crippen molar-refractivity contribution in [2.24, 2.45) is 4.99 Å². The Morgan fingerprint density at radius 2 is 2.16 bits per heavy atom. The van der Waals surface area contributed by atoms with E-state index in [0.29, 0.717) is 26.6 Å². The largest absolute Gasteiger partial charge is 0.480 e. The summed E-state index contributed by atoms with van der Waals surface area (Å²) in [5.74, 6) is -2.93. The van der Waals surface area contributed by atoms with Crippen LogP contribution in [-0.2, 0) is 24.2 Å². The Bertz CT molecular complexity index is 1400. The van der Waals surface area contributed by atoms with Crippen LogP contribution >= 0.6 is 27.3 Å². The molecule has 2 atom stereocenters. The molecule has 1 saturated heterocycles. The number of ether oxygens (including phenoxy) is 1. The highest BCUT2D eigenvalue weighted by molar-refractivity contribution is 9.10. The zero-order valence-electron chi connectivity index (χ0n) is 19.9. The zero-order valence-corrected chi connectivity index (χ0v) is 23.1. The van der Waals surface area contributed by atoms with Gasteiger partial charge in [0.25, 0.3) is 0 Å². The number of carbonyl (C=O) groups excluding carboxylic acids is 1. The molecular formula is C23H24BrFN4O6S2. The van der Waals surface area contributed by atoms with Gasteiger partial charge >= 0.3 is 11.9 Å². The van der Waals surface area contributed by atoms with Crippen molar-refractivity contribution in [3.05, 3.63) is 61.9 Å². The molecule has 1 aromatic carbocycles. The Morgan fingerprint density at radius 1 is 1.41 bits per heavy atom. The van der Waals surface area contributed by atoms with E-state index < -0.39 is 44.9 Å². The predicted molar refractivity (Wildman–Crippen MR) is 139 cm³/mol. The number of aliphatic imine (C=N–C) groups is 1. The van der Waals surface area contributed by atoms with Gasteiger partial charge in [-0.25, -0.2) is 22.6 Å². The minimum absolute atomic E-state index is 0.0545. The highest BCUT2D eigenvalue weighted by Crippen LogP contribution is 2.37. The monoisotopic (exact) mass is 614 g/mol. The summed E-state index contributed by atoms with van der Waals surface area (Å²) in [6.45, 7) is 2.92. The number of benzene rings is 1. The third-order valence-electron chi connectivity index (χ3n) is 6.19. The van der Waals surface area contributed by atoms with E-state index in [1.54, 1.807) is 18.5 Å². The third kappa shape index (κ3) is 5.61. The molecule has 2 aliphatic heterocycles.